The van der Waals surface area contributed by atoms with Crippen molar-refractivity contribution in [1.29, 1.82) is 0 Å². The average molecular weight is 300 g/mol. The number of halogens is 1. The van der Waals surface area contributed by atoms with E-state index in [1.165, 1.54) is 5.56 Å². The summed E-state index contributed by atoms with van der Waals surface area (Å²) in [5, 5.41) is 0. The van der Waals surface area contributed by atoms with Crippen LogP contribution in [0, 0.1) is 0 Å². The third-order valence-electron chi connectivity index (χ3n) is 2.87. The van der Waals surface area contributed by atoms with Crippen LogP contribution < -0.4 is 0 Å². The second kappa shape index (κ2) is 7.11. The van der Waals surface area contributed by atoms with Crippen LogP contribution in [-0.2, 0) is 16.1 Å². The summed E-state index contributed by atoms with van der Waals surface area (Å²) in [5.74, 6) is 0. The third-order valence-corrected chi connectivity index (χ3v) is 3.64. The lowest BCUT2D eigenvalue weighted by molar-refractivity contribution is 0.0180. The number of ether oxygens (including phenoxy) is 2. The SMILES string of the molecule is Brc1ccccc1COCCN1CCOCC1. The van der Waals surface area contributed by atoms with E-state index in [-0.39, 0.29) is 0 Å². The van der Waals surface area contributed by atoms with Crippen LogP contribution in [0.3, 0.4) is 0 Å². The fourth-order valence-corrected chi connectivity index (χ4v) is 2.22. The predicted molar refractivity (Wildman–Crippen MR) is 71.1 cm³/mol. The summed E-state index contributed by atoms with van der Waals surface area (Å²) in [7, 11) is 0. The predicted octanol–water partition coefficient (Wildman–Crippen LogP) is 2.30. The molecule has 1 aromatic rings. The molecular formula is C13H18BrNO2. The van der Waals surface area contributed by atoms with Crippen molar-refractivity contribution in [3.05, 3.63) is 34.3 Å². The lowest BCUT2D eigenvalue weighted by atomic mass is 10.2. The average Bonchev–Trinajstić information content (AvgIpc) is 2.38. The number of benzene rings is 1. The number of rotatable bonds is 5. The minimum absolute atomic E-state index is 0.672. The van der Waals surface area contributed by atoms with E-state index in [0.717, 1.165) is 43.9 Å². The van der Waals surface area contributed by atoms with Crippen LogP contribution >= 0.6 is 15.9 Å². The molecule has 0 aromatic heterocycles. The lowest BCUT2D eigenvalue weighted by Gasteiger charge is -2.26. The first-order valence-electron chi connectivity index (χ1n) is 5.97. The van der Waals surface area contributed by atoms with E-state index < -0.39 is 0 Å². The van der Waals surface area contributed by atoms with Crippen LogP contribution in [0.4, 0.5) is 0 Å². The molecule has 1 fully saturated rings. The highest BCUT2D eigenvalue weighted by atomic mass is 79.9. The van der Waals surface area contributed by atoms with Crippen molar-refractivity contribution < 1.29 is 9.47 Å². The smallest absolute Gasteiger partial charge is 0.0728 e. The van der Waals surface area contributed by atoms with Crippen molar-refractivity contribution in [2.45, 2.75) is 6.61 Å². The van der Waals surface area contributed by atoms with E-state index in [2.05, 4.69) is 26.9 Å². The molecule has 0 saturated carbocycles. The van der Waals surface area contributed by atoms with Gasteiger partial charge in [0.05, 0.1) is 26.4 Å². The van der Waals surface area contributed by atoms with Gasteiger partial charge in [-0.3, -0.25) is 4.90 Å². The second-order valence-electron chi connectivity index (χ2n) is 4.10. The molecule has 0 spiro atoms. The molecule has 3 nitrogen and oxygen atoms in total. The van der Waals surface area contributed by atoms with Gasteiger partial charge in [0.2, 0.25) is 0 Å². The van der Waals surface area contributed by atoms with Gasteiger partial charge in [0.15, 0.2) is 0 Å². The fraction of sp³-hybridized carbons (Fsp3) is 0.538. The standard InChI is InChI=1S/C13H18BrNO2/c14-13-4-2-1-3-12(13)11-17-10-7-15-5-8-16-9-6-15/h1-4H,5-11H2. The molecule has 0 atom stereocenters. The lowest BCUT2D eigenvalue weighted by Crippen LogP contribution is -2.38. The Bertz CT molecular complexity index is 340. The first kappa shape index (κ1) is 13.0. The first-order valence-corrected chi connectivity index (χ1v) is 6.77. The van der Waals surface area contributed by atoms with Gasteiger partial charge < -0.3 is 9.47 Å². The Labute approximate surface area is 111 Å². The van der Waals surface area contributed by atoms with Crippen LogP contribution in [0.2, 0.25) is 0 Å². The van der Waals surface area contributed by atoms with Gasteiger partial charge in [0.25, 0.3) is 0 Å². The Morgan fingerprint density at radius 3 is 2.76 bits per heavy atom. The molecule has 0 unspecified atom stereocenters. The molecular weight excluding hydrogens is 282 g/mol. The summed E-state index contributed by atoms with van der Waals surface area (Å²) >= 11 is 3.52. The van der Waals surface area contributed by atoms with Crippen LogP contribution in [0.1, 0.15) is 5.56 Å². The molecule has 2 rings (SSSR count). The largest absolute Gasteiger partial charge is 0.379 e. The van der Waals surface area contributed by atoms with Gasteiger partial charge in [-0.1, -0.05) is 34.1 Å². The molecule has 0 N–H and O–H groups in total. The van der Waals surface area contributed by atoms with Crippen molar-refractivity contribution in [3.8, 4) is 0 Å². The summed E-state index contributed by atoms with van der Waals surface area (Å²) in [6, 6.07) is 8.17. The first-order chi connectivity index (χ1) is 8.36. The van der Waals surface area contributed by atoms with Crippen LogP contribution in [0.5, 0.6) is 0 Å². The van der Waals surface area contributed by atoms with Crippen LogP contribution in [-0.4, -0.2) is 44.4 Å². The van der Waals surface area contributed by atoms with Gasteiger partial charge >= 0.3 is 0 Å². The zero-order chi connectivity index (χ0) is 11.9. The maximum absolute atomic E-state index is 5.69. The number of morpholine rings is 1. The molecule has 17 heavy (non-hydrogen) atoms. The maximum atomic E-state index is 5.69. The Kier molecular flexibility index (Phi) is 5.45. The molecule has 0 amide bonds. The zero-order valence-electron chi connectivity index (χ0n) is 9.90. The van der Waals surface area contributed by atoms with Gasteiger partial charge in [-0.15, -0.1) is 0 Å². The Balaban J connectivity index is 1.64. The van der Waals surface area contributed by atoms with E-state index >= 15 is 0 Å². The molecule has 1 saturated heterocycles. The monoisotopic (exact) mass is 299 g/mol. The molecule has 94 valence electrons. The van der Waals surface area contributed by atoms with Crippen molar-refractivity contribution in [2.24, 2.45) is 0 Å². The fourth-order valence-electron chi connectivity index (χ4n) is 1.82. The van der Waals surface area contributed by atoms with Crippen molar-refractivity contribution in [2.75, 3.05) is 39.5 Å². The van der Waals surface area contributed by atoms with Gasteiger partial charge in [-0.25, -0.2) is 0 Å². The summed E-state index contributed by atoms with van der Waals surface area (Å²) in [6.07, 6.45) is 0. The zero-order valence-corrected chi connectivity index (χ0v) is 11.5. The third kappa shape index (κ3) is 4.39. The molecule has 1 aliphatic rings. The molecule has 0 radical (unpaired) electrons. The summed E-state index contributed by atoms with van der Waals surface area (Å²) in [6.45, 7) is 6.20. The molecule has 1 heterocycles. The van der Waals surface area contributed by atoms with Crippen molar-refractivity contribution in [3.63, 3.8) is 0 Å². The highest BCUT2D eigenvalue weighted by Gasteiger charge is 2.09. The normalized spacial score (nSPS) is 17.2. The summed E-state index contributed by atoms with van der Waals surface area (Å²) in [5.41, 5.74) is 1.20. The van der Waals surface area contributed by atoms with Crippen LogP contribution in [0.15, 0.2) is 28.7 Å². The van der Waals surface area contributed by atoms with Gasteiger partial charge in [-0.05, 0) is 11.6 Å². The molecule has 1 aliphatic heterocycles. The molecule has 0 bridgehead atoms. The van der Waals surface area contributed by atoms with E-state index in [1.54, 1.807) is 0 Å². The minimum Gasteiger partial charge on any atom is -0.379 e. The highest BCUT2D eigenvalue weighted by Crippen LogP contribution is 2.16. The summed E-state index contributed by atoms with van der Waals surface area (Å²) < 4.78 is 12.1. The molecule has 1 aromatic carbocycles. The van der Waals surface area contributed by atoms with Gasteiger partial charge in [0.1, 0.15) is 0 Å². The van der Waals surface area contributed by atoms with E-state index in [9.17, 15) is 0 Å². The van der Waals surface area contributed by atoms with E-state index in [1.807, 2.05) is 18.2 Å². The highest BCUT2D eigenvalue weighted by molar-refractivity contribution is 9.10. The van der Waals surface area contributed by atoms with Gasteiger partial charge in [-0.2, -0.15) is 0 Å². The number of hydrogen-bond donors (Lipinski definition) is 0. The molecule has 0 aliphatic carbocycles. The second-order valence-corrected chi connectivity index (χ2v) is 4.95. The quantitative estimate of drug-likeness (QED) is 0.779. The van der Waals surface area contributed by atoms with Crippen LogP contribution in [0.25, 0.3) is 0 Å². The number of nitrogens with zero attached hydrogens (tertiary/aromatic N) is 1. The molecule has 4 heteroatoms. The van der Waals surface area contributed by atoms with Gasteiger partial charge in [0, 0.05) is 24.1 Å². The maximum Gasteiger partial charge on any atom is 0.0728 e. The Hall–Kier alpha value is -0.420. The topological polar surface area (TPSA) is 21.7 Å². The Morgan fingerprint density at radius 1 is 1.24 bits per heavy atom. The van der Waals surface area contributed by atoms with Crippen molar-refractivity contribution >= 4 is 15.9 Å². The van der Waals surface area contributed by atoms with E-state index in [0.29, 0.717) is 6.61 Å². The number of hydrogen-bond acceptors (Lipinski definition) is 3. The summed E-state index contributed by atoms with van der Waals surface area (Å²) in [4.78, 5) is 2.38. The van der Waals surface area contributed by atoms with Crippen molar-refractivity contribution in [1.82, 2.24) is 4.90 Å². The van der Waals surface area contributed by atoms with E-state index in [4.69, 9.17) is 9.47 Å². The minimum atomic E-state index is 0.672. The Morgan fingerprint density at radius 2 is 2.00 bits per heavy atom.